The molecule has 0 saturated carbocycles. The van der Waals surface area contributed by atoms with E-state index in [0.29, 0.717) is 37.5 Å². The third kappa shape index (κ3) is 10.9. The molecule has 0 atom stereocenters. The van der Waals surface area contributed by atoms with Crippen molar-refractivity contribution in [2.24, 2.45) is 11.8 Å². The van der Waals surface area contributed by atoms with Crippen LogP contribution >= 0.6 is 20.2 Å². The highest BCUT2D eigenvalue weighted by Crippen LogP contribution is 2.40. The Labute approximate surface area is 99.4 Å². The number of rotatable bonds is 9. The molecule has 5 heteroatoms. The zero-order valence-corrected chi connectivity index (χ0v) is 11.7. The average Bonchev–Trinajstić information content (AvgIpc) is 2.16. The minimum atomic E-state index is -1.22. The van der Waals surface area contributed by atoms with Crippen LogP contribution in [0, 0.1) is 11.8 Å². The van der Waals surface area contributed by atoms with Gasteiger partial charge in [0.05, 0.1) is 19.8 Å². The second kappa shape index (κ2) is 9.80. The lowest BCUT2D eigenvalue weighted by Crippen LogP contribution is -2.06. The average molecular weight is 257 g/mol. The van der Waals surface area contributed by atoms with Gasteiger partial charge in [0.2, 0.25) is 0 Å². The Morgan fingerprint density at radius 1 is 0.933 bits per heavy atom. The van der Waals surface area contributed by atoms with Crippen LogP contribution in [0.2, 0.25) is 0 Å². The minimum Gasteiger partial charge on any atom is -0.312 e. The first-order valence-corrected chi connectivity index (χ1v) is 6.94. The van der Waals surface area contributed by atoms with Gasteiger partial charge in [-0.1, -0.05) is 27.7 Å². The normalized spacial score (nSPS) is 12.0. The SMILES string of the molecule is CC(C)COP(OCCCl)OCC(C)C. The summed E-state index contributed by atoms with van der Waals surface area (Å²) < 4.78 is 16.4. The third-order valence-corrected chi connectivity index (χ3v) is 2.57. The molecule has 92 valence electrons. The van der Waals surface area contributed by atoms with E-state index in [4.69, 9.17) is 25.2 Å². The summed E-state index contributed by atoms with van der Waals surface area (Å²) in [4.78, 5) is 0. The van der Waals surface area contributed by atoms with E-state index in [0.717, 1.165) is 0 Å². The van der Waals surface area contributed by atoms with Crippen LogP contribution in [-0.4, -0.2) is 25.7 Å². The monoisotopic (exact) mass is 256 g/mol. The molecule has 0 aromatic carbocycles. The maximum absolute atomic E-state index is 5.55. The van der Waals surface area contributed by atoms with Crippen molar-refractivity contribution in [3.05, 3.63) is 0 Å². The number of hydrogen-bond donors (Lipinski definition) is 0. The molecule has 0 aromatic rings. The van der Waals surface area contributed by atoms with E-state index in [1.807, 2.05) is 0 Å². The van der Waals surface area contributed by atoms with Crippen LogP contribution in [-0.2, 0) is 13.6 Å². The predicted molar refractivity (Wildman–Crippen MR) is 65.2 cm³/mol. The molecular weight excluding hydrogens is 235 g/mol. The summed E-state index contributed by atoms with van der Waals surface area (Å²) in [6, 6.07) is 0. The molecule has 0 aliphatic heterocycles. The van der Waals surface area contributed by atoms with Crippen molar-refractivity contribution in [3.63, 3.8) is 0 Å². The van der Waals surface area contributed by atoms with Gasteiger partial charge in [-0.3, -0.25) is 0 Å². The molecular formula is C10H22ClO3P. The second-order valence-corrected chi connectivity index (χ2v) is 5.72. The molecule has 15 heavy (non-hydrogen) atoms. The zero-order valence-electron chi connectivity index (χ0n) is 10.0. The van der Waals surface area contributed by atoms with Gasteiger partial charge in [-0.15, -0.1) is 11.6 Å². The Kier molecular flexibility index (Phi) is 10.2. The van der Waals surface area contributed by atoms with Crippen LogP contribution in [0.3, 0.4) is 0 Å². The Bertz CT molecular complexity index is 133. The topological polar surface area (TPSA) is 27.7 Å². The van der Waals surface area contributed by atoms with Crippen molar-refractivity contribution in [1.29, 1.82) is 0 Å². The van der Waals surface area contributed by atoms with Crippen molar-refractivity contribution < 1.29 is 13.6 Å². The maximum atomic E-state index is 5.55. The van der Waals surface area contributed by atoms with Crippen molar-refractivity contribution in [3.8, 4) is 0 Å². The van der Waals surface area contributed by atoms with Gasteiger partial charge in [-0.2, -0.15) is 0 Å². The highest BCUT2D eigenvalue weighted by atomic mass is 35.5. The molecule has 0 radical (unpaired) electrons. The van der Waals surface area contributed by atoms with Crippen molar-refractivity contribution in [2.75, 3.05) is 25.7 Å². The largest absolute Gasteiger partial charge is 0.332 e. The van der Waals surface area contributed by atoms with Gasteiger partial charge in [-0.05, 0) is 11.8 Å². The Hall–Kier alpha value is 0.600. The highest BCUT2D eigenvalue weighted by Gasteiger charge is 2.13. The standard InChI is InChI=1S/C10H22ClO3P/c1-9(2)7-13-15(12-6-5-11)14-8-10(3)4/h9-10H,5-8H2,1-4H3. The summed E-state index contributed by atoms with van der Waals surface area (Å²) in [6.07, 6.45) is 0. The van der Waals surface area contributed by atoms with Crippen LogP contribution in [0.1, 0.15) is 27.7 Å². The lowest BCUT2D eigenvalue weighted by molar-refractivity contribution is 0.143. The molecule has 0 unspecified atom stereocenters. The molecule has 0 saturated heterocycles. The summed E-state index contributed by atoms with van der Waals surface area (Å²) >= 11 is 5.55. The molecule has 0 rings (SSSR count). The zero-order chi connectivity index (χ0) is 11.7. The molecule has 0 amide bonds. The lowest BCUT2D eigenvalue weighted by Gasteiger charge is -2.18. The number of alkyl halides is 1. The number of hydrogen-bond acceptors (Lipinski definition) is 3. The van der Waals surface area contributed by atoms with Gasteiger partial charge in [0.15, 0.2) is 0 Å². The number of halogens is 1. The van der Waals surface area contributed by atoms with E-state index in [2.05, 4.69) is 27.7 Å². The van der Waals surface area contributed by atoms with E-state index in [1.165, 1.54) is 0 Å². The van der Waals surface area contributed by atoms with Crippen molar-refractivity contribution >= 4 is 20.2 Å². The van der Waals surface area contributed by atoms with Crippen LogP contribution in [0.4, 0.5) is 0 Å². The molecule has 0 fully saturated rings. The molecule has 0 heterocycles. The molecule has 0 bridgehead atoms. The van der Waals surface area contributed by atoms with Gasteiger partial charge in [-0.25, -0.2) is 0 Å². The van der Waals surface area contributed by atoms with Gasteiger partial charge in [0.1, 0.15) is 0 Å². The highest BCUT2D eigenvalue weighted by molar-refractivity contribution is 7.41. The van der Waals surface area contributed by atoms with Crippen molar-refractivity contribution in [1.82, 2.24) is 0 Å². The fraction of sp³-hybridized carbons (Fsp3) is 1.00. The Morgan fingerprint density at radius 2 is 1.40 bits per heavy atom. The van der Waals surface area contributed by atoms with Crippen LogP contribution in [0.15, 0.2) is 0 Å². The van der Waals surface area contributed by atoms with E-state index in [1.54, 1.807) is 0 Å². The minimum absolute atomic E-state index is 0.467. The first kappa shape index (κ1) is 15.6. The van der Waals surface area contributed by atoms with E-state index in [-0.39, 0.29) is 0 Å². The van der Waals surface area contributed by atoms with Gasteiger partial charge in [0.25, 0.3) is 0 Å². The maximum Gasteiger partial charge on any atom is 0.332 e. The second-order valence-electron chi connectivity index (χ2n) is 4.13. The van der Waals surface area contributed by atoms with Gasteiger partial charge >= 0.3 is 8.60 Å². The fourth-order valence-electron chi connectivity index (χ4n) is 0.641. The molecule has 0 aliphatic carbocycles. The molecule has 0 aromatic heterocycles. The van der Waals surface area contributed by atoms with Gasteiger partial charge in [0, 0.05) is 5.88 Å². The lowest BCUT2D eigenvalue weighted by atomic mass is 10.2. The van der Waals surface area contributed by atoms with E-state index in [9.17, 15) is 0 Å². The Balaban J connectivity index is 3.73. The predicted octanol–water partition coefficient (Wildman–Crippen LogP) is 3.81. The molecule has 0 N–H and O–H groups in total. The van der Waals surface area contributed by atoms with Gasteiger partial charge < -0.3 is 13.6 Å². The summed E-state index contributed by atoms with van der Waals surface area (Å²) in [7, 11) is -1.22. The molecule has 3 nitrogen and oxygen atoms in total. The third-order valence-electron chi connectivity index (χ3n) is 1.30. The quantitative estimate of drug-likeness (QED) is 0.464. The van der Waals surface area contributed by atoms with Crippen molar-refractivity contribution in [2.45, 2.75) is 27.7 Å². The van der Waals surface area contributed by atoms with Crippen LogP contribution in [0.5, 0.6) is 0 Å². The smallest absolute Gasteiger partial charge is 0.312 e. The summed E-state index contributed by atoms with van der Waals surface area (Å²) in [5.41, 5.74) is 0. The summed E-state index contributed by atoms with van der Waals surface area (Å²) in [6.45, 7) is 10.2. The first-order valence-electron chi connectivity index (χ1n) is 5.31. The van der Waals surface area contributed by atoms with E-state index < -0.39 is 8.60 Å². The molecule has 0 aliphatic rings. The fourth-order valence-corrected chi connectivity index (χ4v) is 2.13. The summed E-state index contributed by atoms with van der Waals surface area (Å²) in [5.74, 6) is 1.43. The van der Waals surface area contributed by atoms with Crippen LogP contribution in [0.25, 0.3) is 0 Å². The van der Waals surface area contributed by atoms with Crippen LogP contribution < -0.4 is 0 Å². The summed E-state index contributed by atoms with van der Waals surface area (Å²) in [5, 5.41) is 0. The Morgan fingerprint density at radius 3 is 1.73 bits per heavy atom. The first-order chi connectivity index (χ1) is 7.06. The van der Waals surface area contributed by atoms with E-state index >= 15 is 0 Å². The molecule has 0 spiro atoms.